The van der Waals surface area contributed by atoms with E-state index in [0.29, 0.717) is 11.3 Å². The number of likely N-dealkylation sites (N-methyl/N-ethyl adjacent to an activating group) is 1. The van der Waals surface area contributed by atoms with E-state index in [-0.39, 0.29) is 53.3 Å². The van der Waals surface area contributed by atoms with Crippen molar-refractivity contribution in [3.63, 3.8) is 0 Å². The molecule has 8 nitrogen and oxygen atoms in total. The third kappa shape index (κ3) is 4.94. The molecule has 38 heavy (non-hydrogen) atoms. The summed E-state index contributed by atoms with van der Waals surface area (Å²) in [4.78, 5) is 47.2. The van der Waals surface area contributed by atoms with Crippen molar-refractivity contribution in [2.45, 2.75) is 52.1 Å². The molecule has 0 bridgehead atoms. The Morgan fingerprint density at radius 2 is 2.00 bits per heavy atom. The Hall–Kier alpha value is -3.60. The summed E-state index contributed by atoms with van der Waals surface area (Å²) < 4.78 is 29.0. The van der Waals surface area contributed by atoms with Gasteiger partial charge in [0.2, 0.25) is 11.3 Å². The number of aromatic nitrogens is 2. The molecule has 0 fully saturated rings. The van der Waals surface area contributed by atoms with Crippen molar-refractivity contribution in [2.24, 2.45) is 0 Å². The minimum atomic E-state index is -0.857. The summed E-state index contributed by atoms with van der Waals surface area (Å²) in [6, 6.07) is 3.14. The van der Waals surface area contributed by atoms with Crippen LogP contribution in [0.1, 0.15) is 55.0 Å². The molecular weight excluding hydrogens is 514 g/mol. The van der Waals surface area contributed by atoms with Crippen molar-refractivity contribution in [3.8, 4) is 16.3 Å². The van der Waals surface area contributed by atoms with Crippen molar-refractivity contribution in [1.29, 1.82) is 0 Å². The van der Waals surface area contributed by atoms with E-state index < -0.39 is 34.3 Å². The Balaban J connectivity index is 1.81. The Bertz CT molecular complexity index is 1470. The fourth-order valence-corrected chi connectivity index (χ4v) is 5.76. The molecule has 0 spiro atoms. The first-order chi connectivity index (χ1) is 17.9. The second-order valence-corrected chi connectivity index (χ2v) is 11.2. The molecule has 1 atom stereocenters. The SMILES string of the molecule is CCC(=O)N(C)CC1(C)CN(C(C)C)C(=O)c2c(O)c(=O)c(-c3ncc(Cc4ccc(F)cc4F)s3)cn21. The zero-order valence-electron chi connectivity index (χ0n) is 21.9. The van der Waals surface area contributed by atoms with Crippen molar-refractivity contribution in [1.82, 2.24) is 19.4 Å². The molecular formula is C27H30F2N4O4S. The van der Waals surface area contributed by atoms with E-state index in [0.717, 1.165) is 17.4 Å². The number of amides is 2. The summed E-state index contributed by atoms with van der Waals surface area (Å²) in [5.41, 5.74) is -1.37. The minimum absolute atomic E-state index is 0.0798. The molecule has 3 heterocycles. The maximum atomic E-state index is 14.2. The lowest BCUT2D eigenvalue weighted by molar-refractivity contribution is -0.131. The molecule has 11 heteroatoms. The van der Waals surface area contributed by atoms with Crippen LogP contribution >= 0.6 is 11.3 Å². The Labute approximate surface area is 223 Å². The molecule has 0 saturated carbocycles. The van der Waals surface area contributed by atoms with Crippen molar-refractivity contribution < 1.29 is 23.5 Å². The van der Waals surface area contributed by atoms with E-state index in [1.807, 2.05) is 20.8 Å². The average Bonchev–Trinajstić information content (AvgIpc) is 3.32. The van der Waals surface area contributed by atoms with Crippen molar-refractivity contribution >= 4 is 23.2 Å². The van der Waals surface area contributed by atoms with E-state index in [4.69, 9.17) is 0 Å². The largest absolute Gasteiger partial charge is 0.503 e. The third-order valence-electron chi connectivity index (χ3n) is 6.83. The van der Waals surface area contributed by atoms with Crippen LogP contribution in [0.3, 0.4) is 0 Å². The van der Waals surface area contributed by atoms with Crippen LogP contribution in [-0.2, 0) is 16.8 Å². The van der Waals surface area contributed by atoms with E-state index >= 15 is 0 Å². The summed E-state index contributed by atoms with van der Waals surface area (Å²) in [7, 11) is 1.68. The van der Waals surface area contributed by atoms with Crippen molar-refractivity contribution in [3.05, 3.63) is 68.6 Å². The molecule has 1 aliphatic heterocycles. The molecule has 1 N–H and O–H groups in total. The predicted octanol–water partition coefficient (Wildman–Crippen LogP) is 3.99. The Morgan fingerprint density at radius 3 is 2.63 bits per heavy atom. The second-order valence-electron chi connectivity index (χ2n) is 10.1. The lowest BCUT2D eigenvalue weighted by Crippen LogP contribution is -2.59. The molecule has 202 valence electrons. The van der Waals surface area contributed by atoms with Crippen LogP contribution in [0.5, 0.6) is 5.75 Å². The Kier molecular flexibility index (Phi) is 7.42. The van der Waals surface area contributed by atoms with Gasteiger partial charge in [-0.1, -0.05) is 13.0 Å². The molecule has 2 aromatic heterocycles. The van der Waals surface area contributed by atoms with Crippen molar-refractivity contribution in [2.75, 3.05) is 20.1 Å². The van der Waals surface area contributed by atoms with Crippen LogP contribution < -0.4 is 5.43 Å². The van der Waals surface area contributed by atoms with Crippen LogP contribution in [0.2, 0.25) is 0 Å². The predicted molar refractivity (Wildman–Crippen MR) is 140 cm³/mol. The smallest absolute Gasteiger partial charge is 0.274 e. The third-order valence-corrected chi connectivity index (χ3v) is 7.86. The number of fused-ring (bicyclic) bond motifs is 1. The summed E-state index contributed by atoms with van der Waals surface area (Å²) in [6.45, 7) is 7.82. The zero-order chi connectivity index (χ0) is 27.9. The summed E-state index contributed by atoms with van der Waals surface area (Å²) in [6.07, 6.45) is 3.47. The van der Waals surface area contributed by atoms with Crippen LogP contribution in [0, 0.1) is 11.6 Å². The maximum absolute atomic E-state index is 14.2. The second kappa shape index (κ2) is 10.3. The zero-order valence-corrected chi connectivity index (χ0v) is 22.7. The van der Waals surface area contributed by atoms with Crippen LogP contribution in [0.25, 0.3) is 10.6 Å². The highest BCUT2D eigenvalue weighted by Gasteiger charge is 2.43. The quantitative estimate of drug-likeness (QED) is 0.485. The van der Waals surface area contributed by atoms with E-state index in [1.165, 1.54) is 24.5 Å². The normalized spacial score (nSPS) is 17.2. The first-order valence-electron chi connectivity index (χ1n) is 12.3. The van der Waals surface area contributed by atoms with Gasteiger partial charge in [-0.15, -0.1) is 11.3 Å². The number of nitrogens with zero attached hydrogens (tertiary/aromatic N) is 4. The van der Waals surface area contributed by atoms with E-state index in [9.17, 15) is 28.3 Å². The first-order valence-corrected chi connectivity index (χ1v) is 13.1. The molecule has 1 aliphatic rings. The van der Waals surface area contributed by atoms with Gasteiger partial charge in [0.15, 0.2) is 11.4 Å². The highest BCUT2D eigenvalue weighted by atomic mass is 32.1. The van der Waals surface area contributed by atoms with Gasteiger partial charge in [0.05, 0.1) is 11.1 Å². The topological polar surface area (TPSA) is 95.7 Å². The highest BCUT2D eigenvalue weighted by molar-refractivity contribution is 7.15. The van der Waals surface area contributed by atoms with Gasteiger partial charge in [-0.2, -0.15) is 0 Å². The number of pyridine rings is 1. The summed E-state index contributed by atoms with van der Waals surface area (Å²) >= 11 is 1.14. The molecule has 1 unspecified atom stereocenters. The van der Waals surface area contributed by atoms with Gasteiger partial charge in [-0.3, -0.25) is 14.4 Å². The number of carbonyl (C=O) groups is 2. The monoisotopic (exact) mass is 544 g/mol. The summed E-state index contributed by atoms with van der Waals surface area (Å²) in [5.74, 6) is -2.59. The van der Waals surface area contributed by atoms with Gasteiger partial charge in [0.1, 0.15) is 16.6 Å². The number of aromatic hydroxyl groups is 1. The molecule has 2 amide bonds. The van der Waals surface area contributed by atoms with Gasteiger partial charge < -0.3 is 19.5 Å². The maximum Gasteiger partial charge on any atom is 0.274 e. The number of hydrogen-bond acceptors (Lipinski definition) is 6. The number of benzene rings is 1. The Morgan fingerprint density at radius 1 is 1.29 bits per heavy atom. The molecule has 1 aromatic carbocycles. The van der Waals surface area contributed by atoms with E-state index in [2.05, 4.69) is 4.98 Å². The number of halogens is 2. The molecule has 3 aromatic rings. The lowest BCUT2D eigenvalue weighted by atomic mass is 9.93. The van der Waals surface area contributed by atoms with Gasteiger partial charge in [-0.05, 0) is 32.4 Å². The minimum Gasteiger partial charge on any atom is -0.503 e. The van der Waals surface area contributed by atoms with Gasteiger partial charge >= 0.3 is 0 Å². The standard InChI is InChI=1S/C27H30F2N4O4S/c1-6-21(34)31(5)13-27(4)14-32(15(2)3)26(37)22-24(36)23(35)19(12-33(22)27)25-30-11-18(38-25)9-16-7-8-17(28)10-20(16)29/h7-8,10-12,15,36H,6,9,13-14H2,1-5H3. The van der Waals surface area contributed by atoms with E-state index in [1.54, 1.807) is 28.3 Å². The number of rotatable bonds is 7. The fourth-order valence-electron chi connectivity index (χ4n) is 4.81. The molecule has 0 radical (unpaired) electrons. The average molecular weight is 545 g/mol. The molecule has 4 rings (SSSR count). The fraction of sp³-hybridized carbons (Fsp3) is 0.407. The van der Waals surface area contributed by atoms with Gasteiger partial charge in [-0.25, -0.2) is 13.8 Å². The number of carbonyl (C=O) groups excluding carboxylic acids is 2. The van der Waals surface area contributed by atoms with Crippen LogP contribution in [0.4, 0.5) is 8.78 Å². The van der Waals surface area contributed by atoms with Gasteiger partial charge in [0, 0.05) is 62.4 Å². The number of hydrogen-bond donors (Lipinski definition) is 1. The highest BCUT2D eigenvalue weighted by Crippen LogP contribution is 2.35. The molecule has 0 aliphatic carbocycles. The number of thiazole rings is 1. The van der Waals surface area contributed by atoms with Gasteiger partial charge in [0.25, 0.3) is 5.91 Å². The van der Waals surface area contributed by atoms with Crippen LogP contribution in [0.15, 0.2) is 35.4 Å². The summed E-state index contributed by atoms with van der Waals surface area (Å²) in [5, 5.41) is 11.3. The van der Waals surface area contributed by atoms with Crippen LogP contribution in [-0.4, -0.2) is 62.5 Å². The lowest BCUT2D eigenvalue weighted by Gasteiger charge is -2.46. The first kappa shape index (κ1) is 27.4. The molecule has 0 saturated heterocycles.